The van der Waals surface area contributed by atoms with Gasteiger partial charge in [-0.1, -0.05) is 17.3 Å². The monoisotopic (exact) mass is 412 g/mol. The number of nitrogens with one attached hydrogen (secondary N) is 2. The second-order valence-corrected chi connectivity index (χ2v) is 7.46. The van der Waals surface area contributed by atoms with Gasteiger partial charge >= 0.3 is 0 Å². The first kappa shape index (κ1) is 21.8. The molecule has 0 atom stereocenters. The number of amides is 1. The normalized spacial score (nSPS) is 15.3. The second kappa shape index (κ2) is 10.8. The van der Waals surface area contributed by atoms with Crippen LogP contribution in [0.1, 0.15) is 34.3 Å². The van der Waals surface area contributed by atoms with Gasteiger partial charge in [0, 0.05) is 64.5 Å². The number of guanidine groups is 1. The van der Waals surface area contributed by atoms with Gasteiger partial charge in [-0.25, -0.2) is 0 Å². The highest BCUT2D eigenvalue weighted by atomic mass is 16.5. The van der Waals surface area contributed by atoms with Crippen molar-refractivity contribution in [3.05, 3.63) is 52.9 Å². The van der Waals surface area contributed by atoms with Crippen molar-refractivity contribution in [3.8, 4) is 0 Å². The molecule has 1 saturated heterocycles. The molecule has 8 nitrogen and oxygen atoms in total. The van der Waals surface area contributed by atoms with Crippen LogP contribution in [0.5, 0.6) is 0 Å². The summed E-state index contributed by atoms with van der Waals surface area (Å²) in [5, 5.41) is 10.2. The van der Waals surface area contributed by atoms with Gasteiger partial charge in [-0.15, -0.1) is 0 Å². The number of piperazine rings is 1. The first-order chi connectivity index (χ1) is 14.6. The molecule has 1 amide bonds. The van der Waals surface area contributed by atoms with E-state index in [9.17, 15) is 4.79 Å². The van der Waals surface area contributed by atoms with Crippen molar-refractivity contribution in [2.24, 2.45) is 4.99 Å². The van der Waals surface area contributed by atoms with Crippen LogP contribution in [-0.4, -0.2) is 73.1 Å². The lowest BCUT2D eigenvalue weighted by Gasteiger charge is -2.36. The van der Waals surface area contributed by atoms with Crippen LogP contribution in [0.25, 0.3) is 0 Å². The van der Waals surface area contributed by atoms with E-state index in [2.05, 4.69) is 32.5 Å². The van der Waals surface area contributed by atoms with Crippen LogP contribution in [0, 0.1) is 6.92 Å². The number of hydrogen-bond acceptors (Lipinski definition) is 5. The smallest absolute Gasteiger partial charge is 0.251 e. The maximum Gasteiger partial charge on any atom is 0.251 e. The molecule has 1 aliphatic rings. The van der Waals surface area contributed by atoms with E-state index in [0.29, 0.717) is 12.1 Å². The highest BCUT2D eigenvalue weighted by molar-refractivity contribution is 5.94. The molecule has 0 saturated carbocycles. The lowest BCUT2D eigenvalue weighted by atomic mass is 10.1. The lowest BCUT2D eigenvalue weighted by Crippen LogP contribution is -2.52. The molecular formula is C22H32N6O2. The first-order valence-corrected chi connectivity index (χ1v) is 10.6. The average molecular weight is 413 g/mol. The Morgan fingerprint density at radius 2 is 2.03 bits per heavy atom. The van der Waals surface area contributed by atoms with Gasteiger partial charge in [0.05, 0.1) is 5.69 Å². The van der Waals surface area contributed by atoms with Gasteiger partial charge in [-0.2, -0.15) is 0 Å². The van der Waals surface area contributed by atoms with Gasteiger partial charge in [0.1, 0.15) is 5.76 Å². The van der Waals surface area contributed by atoms with Crippen LogP contribution in [0.2, 0.25) is 0 Å². The third kappa shape index (κ3) is 6.06. The summed E-state index contributed by atoms with van der Waals surface area (Å²) in [5.41, 5.74) is 2.79. The Balaban J connectivity index is 1.53. The number of aliphatic imine (C=N–C) groups is 1. The number of aromatic nitrogens is 1. The van der Waals surface area contributed by atoms with Gasteiger partial charge in [0.25, 0.3) is 5.91 Å². The molecule has 162 valence electrons. The second-order valence-electron chi connectivity index (χ2n) is 7.46. The summed E-state index contributed by atoms with van der Waals surface area (Å²) in [4.78, 5) is 21.3. The molecule has 8 heteroatoms. The molecule has 1 aromatic carbocycles. The summed E-state index contributed by atoms with van der Waals surface area (Å²) in [6.45, 7) is 10.1. The summed E-state index contributed by atoms with van der Waals surface area (Å²) < 4.78 is 5.17. The molecule has 2 N–H and O–H groups in total. The zero-order valence-electron chi connectivity index (χ0n) is 18.1. The number of carbonyl (C=O) groups excluding carboxylic acids is 1. The van der Waals surface area contributed by atoms with E-state index in [-0.39, 0.29) is 5.91 Å². The van der Waals surface area contributed by atoms with Crippen LogP contribution in [0.3, 0.4) is 0 Å². The minimum absolute atomic E-state index is 0.0626. The predicted molar refractivity (Wildman–Crippen MR) is 118 cm³/mol. The summed E-state index contributed by atoms with van der Waals surface area (Å²) in [7, 11) is 1.65. The SMILES string of the molecule is CCNC(=NCCc1cccc(C(=O)NC)c1)N1CCN(Cc2cc(C)on2)CC1. The third-order valence-corrected chi connectivity index (χ3v) is 5.15. The average Bonchev–Trinajstić information content (AvgIpc) is 3.18. The molecule has 2 heterocycles. The highest BCUT2D eigenvalue weighted by Crippen LogP contribution is 2.10. The van der Waals surface area contributed by atoms with Crippen LogP contribution >= 0.6 is 0 Å². The van der Waals surface area contributed by atoms with Gasteiger partial charge in [0.2, 0.25) is 0 Å². The number of nitrogens with zero attached hydrogens (tertiary/aromatic N) is 4. The van der Waals surface area contributed by atoms with Crippen molar-refractivity contribution >= 4 is 11.9 Å². The molecule has 3 rings (SSSR count). The number of rotatable bonds is 7. The minimum Gasteiger partial charge on any atom is -0.361 e. The molecule has 1 aromatic heterocycles. The van der Waals surface area contributed by atoms with Crippen molar-refractivity contribution in [1.29, 1.82) is 0 Å². The van der Waals surface area contributed by atoms with Gasteiger partial charge in [-0.3, -0.25) is 14.7 Å². The summed E-state index contributed by atoms with van der Waals surface area (Å²) in [5.74, 6) is 1.75. The largest absolute Gasteiger partial charge is 0.361 e. The van der Waals surface area contributed by atoms with E-state index in [1.54, 1.807) is 7.05 Å². The topological polar surface area (TPSA) is 86.0 Å². The highest BCUT2D eigenvalue weighted by Gasteiger charge is 2.20. The molecule has 0 bridgehead atoms. The number of aryl methyl sites for hydroxylation is 1. The van der Waals surface area contributed by atoms with Gasteiger partial charge < -0.3 is 20.1 Å². The lowest BCUT2D eigenvalue weighted by molar-refractivity contribution is 0.0963. The van der Waals surface area contributed by atoms with E-state index in [1.165, 1.54) is 0 Å². The fraction of sp³-hybridized carbons (Fsp3) is 0.500. The number of hydrogen-bond donors (Lipinski definition) is 2. The van der Waals surface area contributed by atoms with E-state index < -0.39 is 0 Å². The van der Waals surface area contributed by atoms with Crippen molar-refractivity contribution < 1.29 is 9.32 Å². The van der Waals surface area contributed by atoms with Gasteiger partial charge in [0.15, 0.2) is 5.96 Å². The Morgan fingerprint density at radius 1 is 1.23 bits per heavy atom. The van der Waals surface area contributed by atoms with E-state index in [1.807, 2.05) is 37.3 Å². The Kier molecular flexibility index (Phi) is 7.84. The molecule has 0 aliphatic carbocycles. The fourth-order valence-electron chi connectivity index (χ4n) is 3.57. The van der Waals surface area contributed by atoms with Gasteiger partial charge in [-0.05, 0) is 38.0 Å². The zero-order chi connectivity index (χ0) is 21.3. The first-order valence-electron chi connectivity index (χ1n) is 10.6. The maximum absolute atomic E-state index is 11.8. The Hall–Kier alpha value is -2.87. The van der Waals surface area contributed by atoms with E-state index in [4.69, 9.17) is 9.52 Å². The quantitative estimate of drug-likeness (QED) is 0.532. The molecular weight excluding hydrogens is 380 g/mol. The van der Waals surface area contributed by atoms with Crippen LogP contribution in [0.15, 0.2) is 39.8 Å². The van der Waals surface area contributed by atoms with Crippen molar-refractivity contribution in [2.45, 2.75) is 26.8 Å². The minimum atomic E-state index is -0.0626. The Morgan fingerprint density at radius 3 is 2.70 bits per heavy atom. The summed E-state index contributed by atoms with van der Waals surface area (Å²) >= 11 is 0. The van der Waals surface area contributed by atoms with Crippen LogP contribution < -0.4 is 10.6 Å². The molecule has 1 aliphatic heterocycles. The molecule has 30 heavy (non-hydrogen) atoms. The third-order valence-electron chi connectivity index (χ3n) is 5.15. The maximum atomic E-state index is 11.8. The summed E-state index contributed by atoms with van der Waals surface area (Å²) in [6.07, 6.45) is 0.797. The van der Waals surface area contributed by atoms with Crippen LogP contribution in [0.4, 0.5) is 0 Å². The van der Waals surface area contributed by atoms with E-state index in [0.717, 1.165) is 68.7 Å². The Labute approximate surface area is 178 Å². The standard InChI is InChI=1S/C22H32N6O2/c1-4-24-22(25-9-8-18-6-5-7-19(15-18)21(29)23-3)28-12-10-27(11-13-28)16-20-14-17(2)30-26-20/h5-7,14-15H,4,8-13,16H2,1-3H3,(H,23,29)(H,24,25). The molecule has 2 aromatic rings. The Bertz CT molecular complexity index is 855. The molecule has 0 unspecified atom stereocenters. The van der Waals surface area contributed by atoms with Crippen molar-refractivity contribution in [1.82, 2.24) is 25.6 Å². The fourth-order valence-corrected chi connectivity index (χ4v) is 3.57. The molecule has 1 fully saturated rings. The molecule has 0 radical (unpaired) electrons. The summed E-state index contributed by atoms with van der Waals surface area (Å²) in [6, 6.07) is 9.72. The van der Waals surface area contributed by atoms with Crippen LogP contribution in [-0.2, 0) is 13.0 Å². The van der Waals surface area contributed by atoms with E-state index >= 15 is 0 Å². The van der Waals surface area contributed by atoms with Crippen molar-refractivity contribution in [2.75, 3.05) is 46.3 Å². The number of carbonyl (C=O) groups is 1. The molecule has 0 spiro atoms. The number of benzene rings is 1. The van der Waals surface area contributed by atoms with Crippen molar-refractivity contribution in [3.63, 3.8) is 0 Å². The predicted octanol–water partition coefficient (Wildman–Crippen LogP) is 1.67. The zero-order valence-corrected chi connectivity index (χ0v) is 18.1.